The van der Waals surface area contributed by atoms with Crippen LogP contribution in [-0.2, 0) is 4.79 Å². The van der Waals surface area contributed by atoms with Crippen LogP contribution in [0.25, 0.3) is 0 Å². The number of hydrogen-bond acceptors (Lipinski definition) is 6. The maximum atomic E-state index is 12.6. The van der Waals surface area contributed by atoms with Gasteiger partial charge in [-0.05, 0) is 67.3 Å². The van der Waals surface area contributed by atoms with Gasteiger partial charge in [0, 0.05) is 27.3 Å². The number of benzene rings is 2. The van der Waals surface area contributed by atoms with Gasteiger partial charge in [-0.1, -0.05) is 29.5 Å². The molecule has 1 aromatic heterocycles. The molecule has 2 saturated carbocycles. The molecule has 2 aromatic carbocycles. The van der Waals surface area contributed by atoms with Gasteiger partial charge in [-0.3, -0.25) is 9.59 Å². The Morgan fingerprint density at radius 2 is 1.91 bits per heavy atom. The van der Waals surface area contributed by atoms with Crippen LogP contribution < -0.4 is 19.7 Å². The van der Waals surface area contributed by atoms with E-state index < -0.39 is 0 Å². The summed E-state index contributed by atoms with van der Waals surface area (Å²) in [6.07, 6.45) is 3.84. The molecule has 3 aromatic rings. The second-order valence-electron chi connectivity index (χ2n) is 9.28. The number of rotatable bonds is 6. The van der Waals surface area contributed by atoms with Gasteiger partial charge in [0.05, 0.1) is 12.1 Å². The molecule has 2 heterocycles. The van der Waals surface area contributed by atoms with Gasteiger partial charge in [0.2, 0.25) is 0 Å². The van der Waals surface area contributed by atoms with Gasteiger partial charge in [-0.2, -0.15) is 0 Å². The van der Waals surface area contributed by atoms with E-state index in [1.165, 1.54) is 30.6 Å². The minimum atomic E-state index is -0.219. The van der Waals surface area contributed by atoms with Crippen LogP contribution in [0.4, 0.5) is 5.69 Å². The first kappa shape index (κ1) is 21.8. The maximum absolute atomic E-state index is 12.6. The first-order chi connectivity index (χ1) is 16.6. The largest absolute Gasteiger partial charge is 0.497 e. The van der Waals surface area contributed by atoms with Crippen LogP contribution in [0, 0.1) is 17.8 Å². The van der Waals surface area contributed by atoms with E-state index in [1.807, 2.05) is 30.0 Å². The number of carbonyl (C=O) groups excluding carboxylic acids is 1. The van der Waals surface area contributed by atoms with E-state index in [9.17, 15) is 9.59 Å². The summed E-state index contributed by atoms with van der Waals surface area (Å²) in [5, 5.41) is 4.44. The second-order valence-corrected chi connectivity index (χ2v) is 11.5. The Morgan fingerprint density at radius 3 is 2.74 bits per heavy atom. The molecule has 2 N–H and O–H groups in total. The molecule has 8 heteroatoms. The topological polar surface area (TPSA) is 80.4 Å². The summed E-state index contributed by atoms with van der Waals surface area (Å²) in [4.78, 5) is 29.1. The molecule has 34 heavy (non-hydrogen) atoms. The zero-order chi connectivity index (χ0) is 23.2. The van der Waals surface area contributed by atoms with Crippen LogP contribution in [0.1, 0.15) is 35.6 Å². The summed E-state index contributed by atoms with van der Waals surface area (Å²) in [6, 6.07) is 15.2. The number of para-hydroxylation sites is 1. The number of H-pyrrole nitrogens is 1. The molecular weight excluding hydrogens is 468 g/mol. The Hall–Kier alpha value is -2.71. The zero-order valence-electron chi connectivity index (χ0n) is 18.8. The number of methoxy groups -OCH3 is 1. The molecule has 5 atom stereocenters. The molecule has 6 nitrogen and oxygen atoms in total. The number of amides is 1. The number of thioether (sulfide) groups is 1. The standard InChI is InChI=1S/C26H26N2O4S2/c1-31-17-10-8-16(9-11-17)27-20(29)13-32-19-5-3-2-4-18(19)22-21-14-6-7-15(12-14)23(21)33-25-24(22)34-26(30)28-25/h2-5,8-11,14-15,21-23H,6-7,12-13H2,1H3,(H,27,29)(H,28,30)/t14-,15-,21-,22+,23+/m0/s1. The van der Waals surface area contributed by atoms with E-state index in [2.05, 4.69) is 16.4 Å². The normalized spacial score (nSPS) is 26.6. The molecule has 6 rings (SSSR count). The highest BCUT2D eigenvalue weighted by molar-refractivity contribution is 8.00. The molecule has 176 valence electrons. The third-order valence-corrected chi connectivity index (χ3v) is 10.1. The lowest BCUT2D eigenvalue weighted by Gasteiger charge is -2.40. The molecule has 0 unspecified atom stereocenters. The van der Waals surface area contributed by atoms with Gasteiger partial charge >= 0.3 is 4.87 Å². The third-order valence-electron chi connectivity index (χ3n) is 7.45. The van der Waals surface area contributed by atoms with Gasteiger partial charge in [0.1, 0.15) is 11.5 Å². The van der Waals surface area contributed by atoms with E-state index in [-0.39, 0.29) is 23.3 Å². The van der Waals surface area contributed by atoms with Gasteiger partial charge in [-0.25, -0.2) is 0 Å². The molecule has 0 saturated heterocycles. The predicted molar refractivity (Wildman–Crippen MR) is 134 cm³/mol. The summed E-state index contributed by atoms with van der Waals surface area (Å²) < 4.78 is 11.3. The molecule has 0 radical (unpaired) electrons. The number of thiazole rings is 1. The van der Waals surface area contributed by atoms with Crippen molar-refractivity contribution >= 4 is 34.7 Å². The summed E-state index contributed by atoms with van der Waals surface area (Å²) in [6.45, 7) is -0.0825. The molecule has 2 fully saturated rings. The number of anilines is 1. The number of fused-ring (bicyclic) bond motifs is 6. The Kier molecular flexibility index (Phi) is 5.65. The zero-order valence-corrected chi connectivity index (χ0v) is 20.4. The van der Waals surface area contributed by atoms with Crippen molar-refractivity contribution in [2.45, 2.75) is 35.5 Å². The van der Waals surface area contributed by atoms with Crippen molar-refractivity contribution in [2.75, 3.05) is 19.0 Å². The minimum Gasteiger partial charge on any atom is -0.497 e. The number of nitrogens with one attached hydrogen (secondary N) is 2. The predicted octanol–water partition coefficient (Wildman–Crippen LogP) is 5.11. The summed E-state index contributed by atoms with van der Waals surface area (Å²) in [5.41, 5.74) is 1.78. The van der Waals surface area contributed by atoms with Crippen LogP contribution in [0.2, 0.25) is 0 Å². The van der Waals surface area contributed by atoms with E-state index in [0.29, 0.717) is 22.8 Å². The summed E-state index contributed by atoms with van der Waals surface area (Å²) >= 11 is 3.21. The number of carbonyl (C=O) groups is 1. The SMILES string of the molecule is COc1ccc(NC(=O)COc2ccccc2[C@H]2c3sc(=O)[nH]c3S[C@@H]3[C@H]4CC[C@@H](C4)[C@@H]23)cc1. The number of ether oxygens (including phenoxy) is 2. The van der Waals surface area contributed by atoms with E-state index >= 15 is 0 Å². The van der Waals surface area contributed by atoms with Gasteiger partial charge in [0.15, 0.2) is 6.61 Å². The second kappa shape index (κ2) is 8.82. The summed E-state index contributed by atoms with van der Waals surface area (Å²) in [7, 11) is 1.61. The van der Waals surface area contributed by atoms with Crippen LogP contribution in [-0.4, -0.2) is 29.9 Å². The first-order valence-electron chi connectivity index (χ1n) is 11.7. The van der Waals surface area contributed by atoms with Crippen molar-refractivity contribution in [3.63, 3.8) is 0 Å². The third kappa shape index (κ3) is 3.82. The fourth-order valence-electron chi connectivity index (χ4n) is 6.08. The van der Waals surface area contributed by atoms with E-state index in [0.717, 1.165) is 32.9 Å². The molecular formula is C26H26N2O4S2. The monoisotopic (exact) mass is 494 g/mol. The lowest BCUT2D eigenvalue weighted by atomic mass is 9.74. The molecule has 1 amide bonds. The van der Waals surface area contributed by atoms with Crippen LogP contribution in [0.5, 0.6) is 11.5 Å². The van der Waals surface area contributed by atoms with Crippen molar-refractivity contribution in [3.05, 3.63) is 68.6 Å². The summed E-state index contributed by atoms with van der Waals surface area (Å²) in [5.74, 6) is 3.27. The highest BCUT2D eigenvalue weighted by Gasteiger charge is 2.55. The fourth-order valence-corrected chi connectivity index (χ4v) is 8.97. The Bertz CT molecular complexity index is 1270. The fraction of sp³-hybridized carbons (Fsp3) is 0.385. The molecule has 1 aliphatic heterocycles. The Morgan fingerprint density at radius 1 is 1.12 bits per heavy atom. The smallest absolute Gasteiger partial charge is 0.305 e. The van der Waals surface area contributed by atoms with Crippen molar-refractivity contribution < 1.29 is 14.3 Å². The number of aromatic amines is 1. The highest BCUT2D eigenvalue weighted by Crippen LogP contribution is 2.64. The number of aromatic nitrogens is 1. The Labute approximate surface area is 206 Å². The first-order valence-corrected chi connectivity index (χ1v) is 13.4. The van der Waals surface area contributed by atoms with Gasteiger partial charge in [-0.15, -0.1) is 11.8 Å². The number of hydrogen-bond donors (Lipinski definition) is 2. The lowest BCUT2D eigenvalue weighted by Crippen LogP contribution is -2.34. The van der Waals surface area contributed by atoms with Crippen molar-refractivity contribution in [2.24, 2.45) is 17.8 Å². The lowest BCUT2D eigenvalue weighted by molar-refractivity contribution is -0.118. The van der Waals surface area contributed by atoms with Crippen LogP contribution in [0.3, 0.4) is 0 Å². The molecule has 2 bridgehead atoms. The molecule has 0 spiro atoms. The van der Waals surface area contributed by atoms with Crippen molar-refractivity contribution in [1.82, 2.24) is 4.98 Å². The van der Waals surface area contributed by atoms with Crippen LogP contribution in [0.15, 0.2) is 58.4 Å². The average molecular weight is 495 g/mol. The van der Waals surface area contributed by atoms with Gasteiger partial charge in [0.25, 0.3) is 5.91 Å². The Balaban J connectivity index is 1.25. The quantitative estimate of drug-likeness (QED) is 0.498. The molecule has 2 aliphatic carbocycles. The minimum absolute atomic E-state index is 0.00656. The highest BCUT2D eigenvalue weighted by atomic mass is 32.2. The van der Waals surface area contributed by atoms with Crippen LogP contribution >= 0.6 is 23.1 Å². The van der Waals surface area contributed by atoms with Crippen molar-refractivity contribution in [3.8, 4) is 11.5 Å². The van der Waals surface area contributed by atoms with Gasteiger partial charge < -0.3 is 19.8 Å². The average Bonchev–Trinajstić information content (AvgIpc) is 3.56. The van der Waals surface area contributed by atoms with E-state index in [1.54, 1.807) is 31.4 Å². The molecule has 3 aliphatic rings. The van der Waals surface area contributed by atoms with E-state index in [4.69, 9.17) is 9.47 Å². The van der Waals surface area contributed by atoms with Crippen molar-refractivity contribution in [1.29, 1.82) is 0 Å². The maximum Gasteiger partial charge on any atom is 0.305 e.